The lowest BCUT2D eigenvalue weighted by atomic mass is 9.98. The second-order valence-corrected chi connectivity index (χ2v) is 5.47. The Morgan fingerprint density at radius 1 is 1.35 bits per heavy atom. The minimum Gasteiger partial charge on any atom is -0.340 e. The summed E-state index contributed by atoms with van der Waals surface area (Å²) in [6.45, 7) is 8.21. The average molecular weight is 276 g/mol. The molecule has 1 aromatic rings. The number of hydrogen-bond donors (Lipinski definition) is 2. The highest BCUT2D eigenvalue weighted by Gasteiger charge is 2.26. The summed E-state index contributed by atoms with van der Waals surface area (Å²) in [6.07, 6.45) is 3.51. The maximum absolute atomic E-state index is 12.7. The van der Waals surface area contributed by atoms with Crippen LogP contribution in [0.25, 0.3) is 0 Å². The van der Waals surface area contributed by atoms with Crippen LogP contribution < -0.4 is 10.6 Å². The highest BCUT2D eigenvalue weighted by atomic mass is 16.2. The van der Waals surface area contributed by atoms with Crippen LogP contribution in [-0.2, 0) is 4.79 Å². The highest BCUT2D eigenvalue weighted by Crippen LogP contribution is 2.18. The van der Waals surface area contributed by atoms with Crippen molar-refractivity contribution in [2.24, 2.45) is 0 Å². The second-order valence-electron chi connectivity index (χ2n) is 5.47. The Balaban J connectivity index is 2.10. The molecule has 1 aliphatic rings. The molecule has 1 amide bonds. The first kappa shape index (κ1) is 14.9. The molecule has 110 valence electrons. The van der Waals surface area contributed by atoms with Gasteiger partial charge in [-0.3, -0.25) is 9.78 Å². The number of nitrogens with one attached hydrogen (secondary N) is 2. The fourth-order valence-electron chi connectivity index (χ4n) is 2.40. The van der Waals surface area contributed by atoms with Gasteiger partial charge in [0.1, 0.15) is 0 Å². The summed E-state index contributed by atoms with van der Waals surface area (Å²) in [6, 6.07) is 4.25. The molecule has 5 nitrogen and oxygen atoms in total. The largest absolute Gasteiger partial charge is 0.340 e. The van der Waals surface area contributed by atoms with Crippen LogP contribution in [0.1, 0.15) is 25.3 Å². The van der Waals surface area contributed by atoms with E-state index in [1.807, 2.05) is 17.0 Å². The van der Waals surface area contributed by atoms with Crippen molar-refractivity contribution >= 4 is 5.91 Å². The predicted molar refractivity (Wildman–Crippen MR) is 79.6 cm³/mol. The van der Waals surface area contributed by atoms with Crippen LogP contribution in [0.2, 0.25) is 0 Å². The summed E-state index contributed by atoms with van der Waals surface area (Å²) in [5, 5.41) is 6.66. The summed E-state index contributed by atoms with van der Waals surface area (Å²) >= 11 is 0. The van der Waals surface area contributed by atoms with E-state index in [9.17, 15) is 4.79 Å². The Labute approximate surface area is 120 Å². The lowest BCUT2D eigenvalue weighted by molar-refractivity contribution is -0.133. The lowest BCUT2D eigenvalue weighted by Gasteiger charge is -2.31. The maximum Gasteiger partial charge on any atom is 0.231 e. The van der Waals surface area contributed by atoms with E-state index >= 15 is 0 Å². The zero-order valence-electron chi connectivity index (χ0n) is 12.3. The van der Waals surface area contributed by atoms with Crippen molar-refractivity contribution in [3.05, 3.63) is 30.1 Å². The zero-order chi connectivity index (χ0) is 14.4. The van der Waals surface area contributed by atoms with Gasteiger partial charge in [-0.05, 0) is 17.7 Å². The van der Waals surface area contributed by atoms with Gasteiger partial charge in [0, 0.05) is 51.2 Å². The topological polar surface area (TPSA) is 57.3 Å². The summed E-state index contributed by atoms with van der Waals surface area (Å²) in [5.41, 5.74) is 1.04. The summed E-state index contributed by atoms with van der Waals surface area (Å²) in [4.78, 5) is 18.8. The molecule has 0 bridgehead atoms. The molecular formula is C15H24N4O. The fourth-order valence-corrected chi connectivity index (χ4v) is 2.40. The van der Waals surface area contributed by atoms with Crippen LogP contribution in [0.5, 0.6) is 0 Å². The van der Waals surface area contributed by atoms with Gasteiger partial charge in [0.25, 0.3) is 0 Å². The van der Waals surface area contributed by atoms with Gasteiger partial charge in [-0.15, -0.1) is 0 Å². The summed E-state index contributed by atoms with van der Waals surface area (Å²) < 4.78 is 0. The van der Waals surface area contributed by atoms with Gasteiger partial charge >= 0.3 is 0 Å². The van der Waals surface area contributed by atoms with Crippen LogP contribution in [0, 0.1) is 0 Å². The molecule has 2 N–H and O–H groups in total. The first-order valence-corrected chi connectivity index (χ1v) is 7.31. The van der Waals surface area contributed by atoms with E-state index in [0.717, 1.165) is 31.7 Å². The SMILES string of the molecule is CC(C)NCC(C(=O)N1CCNCC1)c1ccncc1. The number of aromatic nitrogens is 1. The third-order valence-electron chi connectivity index (χ3n) is 3.57. The van der Waals surface area contributed by atoms with Crippen LogP contribution in [0.4, 0.5) is 0 Å². The Morgan fingerprint density at radius 2 is 2.00 bits per heavy atom. The molecule has 1 fully saturated rings. The van der Waals surface area contributed by atoms with Gasteiger partial charge in [-0.1, -0.05) is 13.8 Å². The molecule has 2 heterocycles. The third-order valence-corrected chi connectivity index (χ3v) is 3.57. The number of carbonyl (C=O) groups excluding carboxylic acids is 1. The molecule has 1 atom stereocenters. The van der Waals surface area contributed by atoms with Crippen LogP contribution in [0.15, 0.2) is 24.5 Å². The number of piperazine rings is 1. The van der Waals surface area contributed by atoms with E-state index in [0.29, 0.717) is 12.6 Å². The number of amides is 1. The number of carbonyl (C=O) groups is 1. The van der Waals surface area contributed by atoms with E-state index < -0.39 is 0 Å². The quantitative estimate of drug-likeness (QED) is 0.827. The smallest absolute Gasteiger partial charge is 0.231 e. The molecule has 20 heavy (non-hydrogen) atoms. The van der Waals surface area contributed by atoms with Crippen molar-refractivity contribution in [3.8, 4) is 0 Å². The summed E-state index contributed by atoms with van der Waals surface area (Å²) in [7, 11) is 0. The molecule has 2 rings (SSSR count). The fraction of sp³-hybridized carbons (Fsp3) is 0.600. The maximum atomic E-state index is 12.7. The van der Waals surface area contributed by atoms with Crippen LogP contribution in [0.3, 0.4) is 0 Å². The molecule has 0 aliphatic carbocycles. The van der Waals surface area contributed by atoms with Gasteiger partial charge in [0.2, 0.25) is 5.91 Å². The van der Waals surface area contributed by atoms with Gasteiger partial charge in [-0.2, -0.15) is 0 Å². The van der Waals surface area contributed by atoms with Gasteiger partial charge in [-0.25, -0.2) is 0 Å². The number of hydrogen-bond acceptors (Lipinski definition) is 4. The van der Waals surface area contributed by atoms with Crippen LogP contribution in [-0.4, -0.2) is 54.6 Å². The number of pyridine rings is 1. The zero-order valence-corrected chi connectivity index (χ0v) is 12.3. The molecule has 1 aliphatic heterocycles. The molecule has 0 radical (unpaired) electrons. The third kappa shape index (κ3) is 4.02. The molecule has 0 saturated carbocycles. The summed E-state index contributed by atoms with van der Waals surface area (Å²) in [5.74, 6) is 0.0874. The van der Waals surface area contributed by atoms with Crippen LogP contribution >= 0.6 is 0 Å². The molecule has 1 aromatic heterocycles. The first-order chi connectivity index (χ1) is 9.68. The Bertz CT molecular complexity index is 415. The van der Waals surface area contributed by atoms with Crippen molar-refractivity contribution in [3.63, 3.8) is 0 Å². The van der Waals surface area contributed by atoms with Gasteiger partial charge in [0.05, 0.1) is 5.92 Å². The van der Waals surface area contributed by atoms with E-state index in [2.05, 4.69) is 29.5 Å². The Hall–Kier alpha value is -1.46. The minimum absolute atomic E-state index is 0.126. The van der Waals surface area contributed by atoms with Crippen molar-refractivity contribution in [1.29, 1.82) is 0 Å². The normalized spacial score (nSPS) is 17.2. The minimum atomic E-state index is -0.126. The van der Waals surface area contributed by atoms with Crippen molar-refractivity contribution < 1.29 is 4.79 Å². The first-order valence-electron chi connectivity index (χ1n) is 7.31. The number of nitrogens with zero attached hydrogens (tertiary/aromatic N) is 2. The van der Waals surface area contributed by atoms with E-state index in [4.69, 9.17) is 0 Å². The Kier molecular flexibility index (Phi) is 5.49. The highest BCUT2D eigenvalue weighted by molar-refractivity contribution is 5.84. The average Bonchev–Trinajstić information content (AvgIpc) is 2.49. The standard InChI is InChI=1S/C15H24N4O/c1-12(2)18-11-14(13-3-5-16-6-4-13)15(20)19-9-7-17-8-10-19/h3-6,12,14,17-18H,7-11H2,1-2H3. The van der Waals surface area contributed by atoms with Crippen molar-refractivity contribution in [1.82, 2.24) is 20.5 Å². The molecule has 1 unspecified atom stereocenters. The van der Waals surface area contributed by atoms with Gasteiger partial charge < -0.3 is 15.5 Å². The molecule has 0 spiro atoms. The van der Waals surface area contributed by atoms with E-state index in [1.165, 1.54) is 0 Å². The molecule has 0 aromatic carbocycles. The molecule has 1 saturated heterocycles. The van der Waals surface area contributed by atoms with E-state index in [-0.39, 0.29) is 11.8 Å². The number of rotatable bonds is 5. The van der Waals surface area contributed by atoms with Crippen molar-refractivity contribution in [2.45, 2.75) is 25.8 Å². The second kappa shape index (κ2) is 7.36. The lowest BCUT2D eigenvalue weighted by Crippen LogP contribution is -2.49. The van der Waals surface area contributed by atoms with Gasteiger partial charge in [0.15, 0.2) is 0 Å². The predicted octanol–water partition coefficient (Wildman–Crippen LogP) is 0.595. The van der Waals surface area contributed by atoms with E-state index in [1.54, 1.807) is 12.4 Å². The van der Waals surface area contributed by atoms with Crippen molar-refractivity contribution in [2.75, 3.05) is 32.7 Å². The Morgan fingerprint density at radius 3 is 2.60 bits per heavy atom. The molecular weight excluding hydrogens is 252 g/mol. The monoisotopic (exact) mass is 276 g/mol. The molecule has 5 heteroatoms.